The first kappa shape index (κ1) is 19.8. The average Bonchev–Trinajstić information content (AvgIpc) is 3.15. The maximum Gasteiger partial charge on any atom is 0.261 e. The normalized spacial score (nSPS) is 10.9. The molecule has 2 heterocycles. The van der Waals surface area contributed by atoms with E-state index in [2.05, 4.69) is 31.2 Å². The van der Waals surface area contributed by atoms with E-state index < -0.39 is 0 Å². The molecule has 30 heavy (non-hydrogen) atoms. The van der Waals surface area contributed by atoms with Gasteiger partial charge in [-0.05, 0) is 42.5 Å². The number of aromatic nitrogens is 4. The third-order valence-electron chi connectivity index (χ3n) is 4.53. The zero-order valence-electron chi connectivity index (χ0n) is 16.1. The fraction of sp³-hybridized carbons (Fsp3) is 0.143. The van der Waals surface area contributed by atoms with Crippen molar-refractivity contribution < 1.29 is 9.53 Å². The van der Waals surface area contributed by atoms with Crippen molar-refractivity contribution in [3.63, 3.8) is 0 Å². The summed E-state index contributed by atoms with van der Waals surface area (Å²) in [6, 6.07) is 12.3. The van der Waals surface area contributed by atoms with Gasteiger partial charge in [-0.15, -0.1) is 0 Å². The highest BCUT2D eigenvalue weighted by atomic mass is 79.9. The Kier molecular flexibility index (Phi) is 5.62. The highest BCUT2D eigenvalue weighted by Crippen LogP contribution is 2.17. The van der Waals surface area contributed by atoms with Gasteiger partial charge in [-0.2, -0.15) is 0 Å². The van der Waals surface area contributed by atoms with Gasteiger partial charge in [0.15, 0.2) is 0 Å². The molecule has 1 N–H and O–H groups in total. The van der Waals surface area contributed by atoms with Crippen LogP contribution >= 0.6 is 15.9 Å². The summed E-state index contributed by atoms with van der Waals surface area (Å²) in [5, 5.41) is 3.23. The molecule has 0 aliphatic rings. The van der Waals surface area contributed by atoms with E-state index in [0.717, 1.165) is 10.3 Å². The second-order valence-corrected chi connectivity index (χ2v) is 7.57. The monoisotopic (exact) mass is 467 g/mol. The largest absolute Gasteiger partial charge is 0.486 e. The Bertz CT molecular complexity index is 1260. The van der Waals surface area contributed by atoms with Gasteiger partial charge in [0.2, 0.25) is 5.91 Å². The molecule has 0 spiro atoms. The lowest BCUT2D eigenvalue weighted by atomic mass is 10.2. The van der Waals surface area contributed by atoms with Crippen LogP contribution in [0.3, 0.4) is 0 Å². The van der Waals surface area contributed by atoms with E-state index in [1.807, 2.05) is 23.9 Å². The van der Waals surface area contributed by atoms with Crippen molar-refractivity contribution in [1.29, 1.82) is 0 Å². The molecular weight excluding hydrogens is 450 g/mol. The Labute approximate surface area is 180 Å². The highest BCUT2D eigenvalue weighted by Gasteiger charge is 2.09. The third-order valence-corrected chi connectivity index (χ3v) is 5.02. The number of imidazole rings is 1. The molecule has 152 valence electrons. The summed E-state index contributed by atoms with van der Waals surface area (Å²) >= 11 is 3.35. The van der Waals surface area contributed by atoms with E-state index in [1.165, 1.54) is 10.9 Å². The Balaban J connectivity index is 1.39. The summed E-state index contributed by atoms with van der Waals surface area (Å²) in [6.45, 7) is 0.217. The molecule has 0 atom stereocenters. The molecule has 0 bridgehead atoms. The number of amides is 1. The molecule has 8 nitrogen and oxygen atoms in total. The molecule has 2 aromatic heterocycles. The topological polar surface area (TPSA) is 91.0 Å². The second-order valence-electron chi connectivity index (χ2n) is 6.65. The van der Waals surface area contributed by atoms with Crippen LogP contribution in [0.2, 0.25) is 0 Å². The molecular formula is C21H18BrN5O3. The van der Waals surface area contributed by atoms with E-state index in [1.54, 1.807) is 42.6 Å². The molecule has 0 saturated heterocycles. The van der Waals surface area contributed by atoms with Crippen LogP contribution in [0, 0.1) is 0 Å². The number of hydrogen-bond donors (Lipinski definition) is 1. The van der Waals surface area contributed by atoms with Crippen molar-refractivity contribution in [2.45, 2.75) is 13.2 Å². The summed E-state index contributed by atoms with van der Waals surface area (Å²) < 4.78 is 9.65. The summed E-state index contributed by atoms with van der Waals surface area (Å²) in [4.78, 5) is 33.4. The smallest absolute Gasteiger partial charge is 0.261 e. The van der Waals surface area contributed by atoms with Crippen molar-refractivity contribution in [1.82, 2.24) is 19.1 Å². The molecule has 0 unspecified atom stereocenters. The van der Waals surface area contributed by atoms with Crippen LogP contribution in [0.25, 0.3) is 10.9 Å². The van der Waals surface area contributed by atoms with Crippen LogP contribution < -0.4 is 15.6 Å². The van der Waals surface area contributed by atoms with Crippen LogP contribution in [0.4, 0.5) is 5.69 Å². The number of fused-ring (bicyclic) bond motifs is 1. The lowest BCUT2D eigenvalue weighted by molar-refractivity contribution is -0.116. The number of nitrogens with one attached hydrogen (secondary N) is 1. The predicted octanol–water partition coefficient (Wildman–Crippen LogP) is 3.11. The minimum atomic E-state index is -0.324. The molecule has 0 radical (unpaired) electrons. The molecule has 0 aliphatic carbocycles. The van der Waals surface area contributed by atoms with Gasteiger partial charge in [-0.25, -0.2) is 9.97 Å². The van der Waals surface area contributed by atoms with Gasteiger partial charge < -0.3 is 14.6 Å². The van der Waals surface area contributed by atoms with E-state index in [4.69, 9.17) is 4.74 Å². The van der Waals surface area contributed by atoms with Gasteiger partial charge in [0.05, 0.1) is 17.2 Å². The number of halogens is 1. The summed E-state index contributed by atoms with van der Waals surface area (Å²) in [7, 11) is 1.90. The zero-order chi connectivity index (χ0) is 21.1. The van der Waals surface area contributed by atoms with Gasteiger partial charge in [-0.3, -0.25) is 14.2 Å². The lowest BCUT2D eigenvalue weighted by Crippen LogP contribution is -2.27. The molecule has 4 aromatic rings. The fourth-order valence-electron chi connectivity index (χ4n) is 2.92. The minimum Gasteiger partial charge on any atom is -0.486 e. The van der Waals surface area contributed by atoms with E-state index in [9.17, 15) is 9.59 Å². The van der Waals surface area contributed by atoms with E-state index in [0.29, 0.717) is 28.9 Å². The number of benzene rings is 2. The van der Waals surface area contributed by atoms with Crippen LogP contribution in [-0.4, -0.2) is 25.0 Å². The van der Waals surface area contributed by atoms with Gasteiger partial charge in [0, 0.05) is 29.6 Å². The van der Waals surface area contributed by atoms with Gasteiger partial charge >= 0.3 is 0 Å². The summed E-state index contributed by atoms with van der Waals surface area (Å²) in [6.07, 6.45) is 4.95. The SMILES string of the molecule is Cn1ccnc1COc1ccc(NC(=O)Cn2cnc3ccc(Br)cc3c2=O)cc1. The molecule has 0 fully saturated rings. The summed E-state index contributed by atoms with van der Waals surface area (Å²) in [5.41, 5.74) is 0.921. The first-order valence-corrected chi connectivity index (χ1v) is 9.92. The molecule has 9 heteroatoms. The van der Waals surface area contributed by atoms with Crippen LogP contribution in [0.5, 0.6) is 5.75 Å². The van der Waals surface area contributed by atoms with Crippen LogP contribution in [-0.2, 0) is 25.0 Å². The Morgan fingerprint density at radius 3 is 2.70 bits per heavy atom. The number of aryl methyl sites for hydroxylation is 1. The number of nitrogens with zero attached hydrogens (tertiary/aromatic N) is 4. The standard InChI is InChI=1S/C21H18BrN5O3/c1-26-9-8-23-19(26)12-30-16-5-3-15(4-6-16)25-20(28)11-27-13-24-18-7-2-14(22)10-17(18)21(27)29/h2-10,13H,11-12H2,1H3,(H,25,28). The fourth-order valence-corrected chi connectivity index (χ4v) is 3.28. The second kappa shape index (κ2) is 8.50. The quantitative estimate of drug-likeness (QED) is 0.470. The Morgan fingerprint density at radius 1 is 1.17 bits per heavy atom. The molecule has 4 rings (SSSR count). The molecule has 2 aromatic carbocycles. The van der Waals surface area contributed by atoms with Gasteiger partial charge in [-0.1, -0.05) is 15.9 Å². The maximum absolute atomic E-state index is 12.6. The maximum atomic E-state index is 12.6. The Morgan fingerprint density at radius 2 is 1.97 bits per heavy atom. The first-order valence-electron chi connectivity index (χ1n) is 9.13. The number of ether oxygens (including phenoxy) is 1. The van der Waals surface area contributed by atoms with Crippen molar-refractivity contribution >= 4 is 38.4 Å². The molecule has 0 saturated carbocycles. The predicted molar refractivity (Wildman–Crippen MR) is 116 cm³/mol. The van der Waals surface area contributed by atoms with E-state index in [-0.39, 0.29) is 18.0 Å². The van der Waals surface area contributed by atoms with Crippen molar-refractivity contribution in [3.8, 4) is 5.75 Å². The van der Waals surface area contributed by atoms with E-state index >= 15 is 0 Å². The van der Waals surface area contributed by atoms with Crippen molar-refractivity contribution in [3.05, 3.63) is 81.8 Å². The average molecular weight is 468 g/mol. The van der Waals surface area contributed by atoms with Gasteiger partial charge in [0.1, 0.15) is 24.7 Å². The number of carbonyl (C=O) groups is 1. The first-order chi connectivity index (χ1) is 14.5. The summed E-state index contributed by atoms with van der Waals surface area (Å²) in [5.74, 6) is 1.15. The number of anilines is 1. The molecule has 1 amide bonds. The minimum absolute atomic E-state index is 0.133. The number of hydrogen-bond acceptors (Lipinski definition) is 5. The van der Waals surface area contributed by atoms with Crippen LogP contribution in [0.1, 0.15) is 5.82 Å². The number of carbonyl (C=O) groups excluding carboxylic acids is 1. The molecule has 0 aliphatic heterocycles. The van der Waals surface area contributed by atoms with Crippen LogP contribution in [0.15, 0.2) is 70.5 Å². The Hall–Kier alpha value is -3.46. The zero-order valence-corrected chi connectivity index (χ0v) is 17.7. The highest BCUT2D eigenvalue weighted by molar-refractivity contribution is 9.10. The number of rotatable bonds is 6. The van der Waals surface area contributed by atoms with Crippen molar-refractivity contribution in [2.24, 2.45) is 7.05 Å². The lowest BCUT2D eigenvalue weighted by Gasteiger charge is -2.10. The van der Waals surface area contributed by atoms with Crippen molar-refractivity contribution in [2.75, 3.05) is 5.32 Å². The third kappa shape index (κ3) is 4.41. The van der Waals surface area contributed by atoms with Gasteiger partial charge in [0.25, 0.3) is 5.56 Å².